The van der Waals surface area contributed by atoms with Crippen LogP contribution in [0.4, 0.5) is 18.9 Å². The highest BCUT2D eigenvalue weighted by molar-refractivity contribution is 6.30. The predicted molar refractivity (Wildman–Crippen MR) is 80.3 cm³/mol. The summed E-state index contributed by atoms with van der Waals surface area (Å²) >= 11 is 5.69. The molecule has 0 aliphatic rings. The molecule has 1 amide bonds. The molecule has 0 aliphatic carbocycles. The van der Waals surface area contributed by atoms with Crippen molar-refractivity contribution in [1.29, 1.82) is 0 Å². The third-order valence-corrected chi connectivity index (χ3v) is 2.74. The number of carbonyl (C=O) groups is 2. The number of esters is 1. The van der Waals surface area contributed by atoms with Crippen LogP contribution in [0.15, 0.2) is 24.3 Å². The first-order chi connectivity index (χ1) is 10.4. The van der Waals surface area contributed by atoms with Crippen LogP contribution in [0, 0.1) is 0 Å². The lowest BCUT2D eigenvalue weighted by Crippen LogP contribution is -2.40. The largest absolute Gasteiger partial charge is 0.460 e. The molecule has 1 aromatic carbocycles. The van der Waals surface area contributed by atoms with Gasteiger partial charge in [0, 0.05) is 10.7 Å². The summed E-state index contributed by atoms with van der Waals surface area (Å²) < 4.78 is 43.1. The summed E-state index contributed by atoms with van der Waals surface area (Å²) in [5.41, 5.74) is -0.827. The van der Waals surface area contributed by atoms with Gasteiger partial charge in [0.2, 0.25) is 5.91 Å². The van der Waals surface area contributed by atoms with Gasteiger partial charge in [-0.3, -0.25) is 9.59 Å². The van der Waals surface area contributed by atoms with Gasteiger partial charge in [0.1, 0.15) is 18.6 Å². The number of rotatable bonds is 4. The molecule has 1 rings (SSSR count). The SMILES string of the molecule is CC(C)(C)OC(=O)CC(=O)N(CC(F)(F)F)c1ccc(Cl)cc1. The number of nitrogens with zero attached hydrogens (tertiary/aromatic N) is 1. The van der Waals surface area contributed by atoms with Gasteiger partial charge in [-0.15, -0.1) is 0 Å². The fourth-order valence-electron chi connectivity index (χ4n) is 1.72. The van der Waals surface area contributed by atoms with Gasteiger partial charge in [-0.2, -0.15) is 13.2 Å². The molecule has 1 aromatic rings. The van der Waals surface area contributed by atoms with Gasteiger partial charge in [-0.05, 0) is 45.0 Å². The van der Waals surface area contributed by atoms with Crippen LogP contribution in [0.3, 0.4) is 0 Å². The summed E-state index contributed by atoms with van der Waals surface area (Å²) in [6.07, 6.45) is -5.39. The zero-order valence-corrected chi connectivity index (χ0v) is 13.7. The van der Waals surface area contributed by atoms with Crippen LogP contribution >= 0.6 is 11.6 Å². The maximum Gasteiger partial charge on any atom is 0.406 e. The zero-order valence-electron chi connectivity index (χ0n) is 12.9. The average Bonchev–Trinajstić information content (AvgIpc) is 2.33. The van der Waals surface area contributed by atoms with E-state index < -0.39 is 36.6 Å². The van der Waals surface area contributed by atoms with Crippen LogP contribution in [0.2, 0.25) is 5.02 Å². The standard InChI is InChI=1S/C15H17ClF3NO3/c1-14(2,3)23-13(22)8-12(21)20(9-15(17,18)19)11-6-4-10(16)5-7-11/h4-7H,8-9H2,1-3H3. The lowest BCUT2D eigenvalue weighted by molar-refractivity contribution is -0.157. The molecule has 0 bridgehead atoms. The van der Waals surface area contributed by atoms with E-state index in [-0.39, 0.29) is 5.69 Å². The maximum atomic E-state index is 12.7. The second-order valence-electron chi connectivity index (χ2n) is 5.83. The molecular formula is C15H17ClF3NO3. The number of benzene rings is 1. The van der Waals surface area contributed by atoms with Crippen molar-refractivity contribution in [3.05, 3.63) is 29.3 Å². The predicted octanol–water partition coefficient (Wildman–Crippen LogP) is 3.97. The molecule has 0 saturated heterocycles. The molecule has 0 spiro atoms. The minimum atomic E-state index is -4.61. The molecule has 0 heterocycles. The van der Waals surface area contributed by atoms with Crippen molar-refractivity contribution in [2.75, 3.05) is 11.4 Å². The van der Waals surface area contributed by atoms with E-state index in [2.05, 4.69) is 0 Å². The zero-order chi connectivity index (χ0) is 17.8. The van der Waals surface area contributed by atoms with E-state index in [1.165, 1.54) is 24.3 Å². The molecular weight excluding hydrogens is 335 g/mol. The van der Waals surface area contributed by atoms with E-state index in [9.17, 15) is 22.8 Å². The van der Waals surface area contributed by atoms with Crippen molar-refractivity contribution in [1.82, 2.24) is 0 Å². The molecule has 4 nitrogen and oxygen atoms in total. The summed E-state index contributed by atoms with van der Waals surface area (Å²) in [6.45, 7) is 3.29. The summed E-state index contributed by atoms with van der Waals surface area (Å²) in [4.78, 5) is 24.2. The average molecular weight is 352 g/mol. The summed E-state index contributed by atoms with van der Waals surface area (Å²) in [6, 6.07) is 5.28. The van der Waals surface area contributed by atoms with Crippen molar-refractivity contribution >= 4 is 29.2 Å². The van der Waals surface area contributed by atoms with Gasteiger partial charge >= 0.3 is 12.1 Å². The Kier molecular flexibility index (Phi) is 6.04. The Bertz CT molecular complexity index is 565. The summed E-state index contributed by atoms with van der Waals surface area (Å²) in [5.74, 6) is -1.89. The first-order valence-electron chi connectivity index (χ1n) is 6.72. The van der Waals surface area contributed by atoms with Crippen molar-refractivity contribution in [2.45, 2.75) is 39.0 Å². The van der Waals surface area contributed by atoms with E-state index >= 15 is 0 Å². The molecule has 8 heteroatoms. The van der Waals surface area contributed by atoms with Crippen LogP contribution in [0.5, 0.6) is 0 Å². The van der Waals surface area contributed by atoms with E-state index in [0.717, 1.165) is 0 Å². The number of hydrogen-bond acceptors (Lipinski definition) is 3. The molecule has 0 atom stereocenters. The molecule has 0 fully saturated rings. The maximum absolute atomic E-state index is 12.7. The Hall–Kier alpha value is -1.76. The second kappa shape index (κ2) is 7.21. The smallest absolute Gasteiger partial charge is 0.406 e. The first-order valence-corrected chi connectivity index (χ1v) is 7.10. The second-order valence-corrected chi connectivity index (χ2v) is 6.27. The van der Waals surface area contributed by atoms with E-state index in [4.69, 9.17) is 16.3 Å². The molecule has 0 N–H and O–H groups in total. The third-order valence-electron chi connectivity index (χ3n) is 2.49. The Morgan fingerprint density at radius 2 is 1.65 bits per heavy atom. The van der Waals surface area contributed by atoms with Gasteiger partial charge in [-0.1, -0.05) is 11.6 Å². The Labute approximate surface area is 137 Å². The van der Waals surface area contributed by atoms with Gasteiger partial charge in [-0.25, -0.2) is 0 Å². The summed E-state index contributed by atoms with van der Waals surface area (Å²) in [5, 5.41) is 0.320. The highest BCUT2D eigenvalue weighted by atomic mass is 35.5. The Balaban J connectivity index is 2.93. The van der Waals surface area contributed by atoms with Crippen molar-refractivity contribution in [3.8, 4) is 0 Å². The molecule has 23 heavy (non-hydrogen) atoms. The Morgan fingerprint density at radius 3 is 2.09 bits per heavy atom. The molecule has 128 valence electrons. The molecule has 0 aliphatic heterocycles. The molecule has 0 saturated carbocycles. The normalized spacial score (nSPS) is 12.0. The van der Waals surface area contributed by atoms with Crippen LogP contribution in [0.1, 0.15) is 27.2 Å². The van der Waals surface area contributed by atoms with E-state index in [0.29, 0.717) is 9.92 Å². The van der Waals surface area contributed by atoms with Gasteiger partial charge in [0.05, 0.1) is 0 Å². The van der Waals surface area contributed by atoms with Crippen LogP contribution in [-0.4, -0.2) is 30.2 Å². The Morgan fingerprint density at radius 1 is 1.13 bits per heavy atom. The van der Waals surface area contributed by atoms with E-state index in [1.54, 1.807) is 20.8 Å². The van der Waals surface area contributed by atoms with Crippen molar-refractivity contribution in [2.24, 2.45) is 0 Å². The number of amides is 1. The van der Waals surface area contributed by atoms with E-state index in [1.807, 2.05) is 0 Å². The highest BCUT2D eigenvalue weighted by Crippen LogP contribution is 2.24. The van der Waals surface area contributed by atoms with Crippen LogP contribution in [-0.2, 0) is 14.3 Å². The van der Waals surface area contributed by atoms with Gasteiger partial charge in [0.25, 0.3) is 0 Å². The number of anilines is 1. The third kappa shape index (κ3) is 7.36. The van der Waals surface area contributed by atoms with Crippen LogP contribution in [0.25, 0.3) is 0 Å². The van der Waals surface area contributed by atoms with Crippen molar-refractivity contribution in [3.63, 3.8) is 0 Å². The lowest BCUT2D eigenvalue weighted by atomic mass is 10.2. The lowest BCUT2D eigenvalue weighted by Gasteiger charge is -2.25. The number of halogens is 4. The minimum absolute atomic E-state index is 0.000263. The number of alkyl halides is 3. The van der Waals surface area contributed by atoms with Gasteiger partial charge in [0.15, 0.2) is 0 Å². The molecule has 0 unspecified atom stereocenters. The monoisotopic (exact) mass is 351 g/mol. The fraction of sp³-hybridized carbons (Fsp3) is 0.467. The molecule has 0 radical (unpaired) electrons. The van der Waals surface area contributed by atoms with Crippen molar-refractivity contribution < 1.29 is 27.5 Å². The quantitative estimate of drug-likeness (QED) is 0.609. The molecule has 0 aromatic heterocycles. The van der Waals surface area contributed by atoms with Gasteiger partial charge < -0.3 is 9.64 Å². The minimum Gasteiger partial charge on any atom is -0.460 e. The number of carbonyl (C=O) groups excluding carboxylic acids is 2. The summed E-state index contributed by atoms with van der Waals surface area (Å²) in [7, 11) is 0. The highest BCUT2D eigenvalue weighted by Gasteiger charge is 2.35. The topological polar surface area (TPSA) is 46.6 Å². The van der Waals surface area contributed by atoms with Crippen LogP contribution < -0.4 is 4.90 Å². The number of ether oxygens (including phenoxy) is 1. The number of hydrogen-bond donors (Lipinski definition) is 0. The fourth-order valence-corrected chi connectivity index (χ4v) is 1.85. The first kappa shape index (κ1) is 19.3.